The highest BCUT2D eigenvalue weighted by atomic mass is 16.7. The van der Waals surface area contributed by atoms with Gasteiger partial charge in [-0.25, -0.2) is 9.96 Å². The number of carbonyl (C=O) groups excluding carboxylic acids is 2. The van der Waals surface area contributed by atoms with E-state index in [0.717, 1.165) is 33.7 Å². The molecule has 4 aromatic rings. The van der Waals surface area contributed by atoms with Gasteiger partial charge in [0.1, 0.15) is 18.3 Å². The van der Waals surface area contributed by atoms with Crippen LogP contribution in [-0.2, 0) is 21.0 Å². The van der Waals surface area contributed by atoms with Gasteiger partial charge in [0.15, 0.2) is 6.10 Å². The van der Waals surface area contributed by atoms with Crippen LogP contribution in [0.2, 0.25) is 0 Å². The van der Waals surface area contributed by atoms with E-state index in [2.05, 4.69) is 0 Å². The lowest BCUT2D eigenvalue weighted by Crippen LogP contribution is -2.37. The molecule has 0 saturated carbocycles. The van der Waals surface area contributed by atoms with Crippen LogP contribution in [0.4, 0.5) is 11.4 Å². The zero-order valence-corrected chi connectivity index (χ0v) is 21.3. The Balaban J connectivity index is 1.32. The van der Waals surface area contributed by atoms with E-state index < -0.39 is 18.1 Å². The Kier molecular flexibility index (Phi) is 6.18. The number of imide groups is 1. The van der Waals surface area contributed by atoms with E-state index in [1.165, 1.54) is 4.90 Å². The quantitative estimate of drug-likeness (QED) is 0.305. The topological polar surface area (TPSA) is 59.1 Å². The molecule has 2 fully saturated rings. The Bertz CT molecular complexity index is 1470. The number of carbonyl (C=O) groups is 2. The van der Waals surface area contributed by atoms with Gasteiger partial charge in [-0.2, -0.15) is 0 Å². The summed E-state index contributed by atoms with van der Waals surface area (Å²) in [5.74, 6) is -0.539. The number of benzene rings is 4. The third kappa shape index (κ3) is 4.23. The van der Waals surface area contributed by atoms with E-state index >= 15 is 0 Å². The summed E-state index contributed by atoms with van der Waals surface area (Å²) in [7, 11) is 0. The Morgan fingerprint density at radius 1 is 0.789 bits per heavy atom. The zero-order valence-electron chi connectivity index (χ0n) is 21.3. The summed E-state index contributed by atoms with van der Waals surface area (Å²) in [5.41, 5.74) is 5.30. The summed E-state index contributed by atoms with van der Waals surface area (Å²) < 4.78 is 5.97. The van der Waals surface area contributed by atoms with Crippen molar-refractivity contribution in [3.8, 4) is 5.75 Å². The van der Waals surface area contributed by atoms with Gasteiger partial charge in [-0.1, -0.05) is 78.4 Å². The second-order valence-electron chi connectivity index (χ2n) is 9.80. The number of aryl methyl sites for hydroxylation is 2. The molecule has 6 rings (SSSR count). The predicted molar refractivity (Wildman–Crippen MR) is 146 cm³/mol. The zero-order chi connectivity index (χ0) is 26.2. The van der Waals surface area contributed by atoms with Crippen LogP contribution in [0.15, 0.2) is 103 Å². The Labute approximate surface area is 222 Å². The normalized spacial score (nSPS) is 20.6. The van der Waals surface area contributed by atoms with Crippen molar-refractivity contribution < 1.29 is 19.2 Å². The third-order valence-corrected chi connectivity index (χ3v) is 7.19. The molecule has 0 aliphatic carbocycles. The number of rotatable bonds is 6. The van der Waals surface area contributed by atoms with Crippen LogP contribution in [0.25, 0.3) is 0 Å². The van der Waals surface area contributed by atoms with Crippen molar-refractivity contribution >= 4 is 23.2 Å². The van der Waals surface area contributed by atoms with Crippen molar-refractivity contribution in [2.45, 2.75) is 32.6 Å². The molecule has 0 bridgehead atoms. The van der Waals surface area contributed by atoms with E-state index in [0.29, 0.717) is 12.3 Å². The molecule has 0 spiro atoms. The molecule has 2 saturated heterocycles. The van der Waals surface area contributed by atoms with Crippen LogP contribution in [0.5, 0.6) is 5.75 Å². The largest absolute Gasteiger partial charge is 0.489 e. The maximum Gasteiger partial charge on any atom is 0.266 e. The van der Waals surface area contributed by atoms with Crippen molar-refractivity contribution in [1.29, 1.82) is 0 Å². The summed E-state index contributed by atoms with van der Waals surface area (Å²) in [4.78, 5) is 35.1. The number of anilines is 2. The number of ether oxygens (including phenoxy) is 1. The molecule has 0 aromatic heterocycles. The Morgan fingerprint density at radius 2 is 1.47 bits per heavy atom. The highest BCUT2D eigenvalue weighted by Crippen LogP contribution is 2.48. The van der Waals surface area contributed by atoms with Gasteiger partial charge in [0.2, 0.25) is 5.91 Å². The molecule has 2 heterocycles. The minimum Gasteiger partial charge on any atom is -0.489 e. The molecular formula is C32H28N2O4. The van der Waals surface area contributed by atoms with Crippen LogP contribution >= 0.6 is 0 Å². The molecule has 6 nitrogen and oxygen atoms in total. The van der Waals surface area contributed by atoms with E-state index in [1.54, 1.807) is 5.06 Å². The molecule has 3 atom stereocenters. The molecule has 190 valence electrons. The maximum atomic E-state index is 13.9. The lowest BCUT2D eigenvalue weighted by molar-refractivity contribution is -0.126. The molecule has 0 N–H and O–H groups in total. The summed E-state index contributed by atoms with van der Waals surface area (Å²) in [6.07, 6.45) is -0.901. The first-order valence-electron chi connectivity index (χ1n) is 12.7. The van der Waals surface area contributed by atoms with Gasteiger partial charge in [0.25, 0.3) is 5.91 Å². The van der Waals surface area contributed by atoms with Gasteiger partial charge in [-0.05, 0) is 60.9 Å². The van der Waals surface area contributed by atoms with E-state index in [1.807, 2.05) is 117 Å². The first-order valence-corrected chi connectivity index (χ1v) is 12.7. The number of amides is 2. The lowest BCUT2D eigenvalue weighted by atomic mass is 9.90. The maximum absolute atomic E-state index is 13.9. The molecule has 0 radical (unpaired) electrons. The average molecular weight is 505 g/mol. The fourth-order valence-corrected chi connectivity index (χ4v) is 5.35. The van der Waals surface area contributed by atoms with Crippen LogP contribution < -0.4 is 14.7 Å². The van der Waals surface area contributed by atoms with Crippen molar-refractivity contribution in [1.82, 2.24) is 0 Å². The highest BCUT2D eigenvalue weighted by Gasteiger charge is 2.60. The number of nitrogens with zero attached hydrogens (tertiary/aromatic N) is 2. The van der Waals surface area contributed by atoms with Crippen LogP contribution in [0.3, 0.4) is 0 Å². The number of hydrogen-bond acceptors (Lipinski definition) is 5. The molecule has 0 unspecified atom stereocenters. The van der Waals surface area contributed by atoms with Gasteiger partial charge >= 0.3 is 0 Å². The van der Waals surface area contributed by atoms with Gasteiger partial charge in [-0.3, -0.25) is 14.4 Å². The van der Waals surface area contributed by atoms with Crippen molar-refractivity contribution in [3.05, 3.63) is 125 Å². The molecule has 2 amide bonds. The summed E-state index contributed by atoms with van der Waals surface area (Å²) >= 11 is 0. The SMILES string of the molecule is Cc1ccc(N2C(=O)[C@@H]3[C@@H](c4ccc(OCc5ccccc5)cc4)N(c4ccccc4)O[C@H]3C2=O)c(C)c1. The monoisotopic (exact) mass is 504 g/mol. The lowest BCUT2D eigenvalue weighted by Gasteiger charge is -2.29. The second-order valence-corrected chi connectivity index (χ2v) is 9.80. The summed E-state index contributed by atoms with van der Waals surface area (Å²) in [6, 6.07) is 32.5. The first kappa shape index (κ1) is 23.9. The molecule has 2 aliphatic heterocycles. The van der Waals surface area contributed by atoms with Crippen LogP contribution in [0.1, 0.15) is 28.3 Å². The minimum atomic E-state index is -0.901. The van der Waals surface area contributed by atoms with Crippen molar-refractivity contribution in [2.75, 3.05) is 9.96 Å². The number of hydrogen-bond donors (Lipinski definition) is 0. The fraction of sp³-hybridized carbons (Fsp3) is 0.188. The molecule has 6 heteroatoms. The Hall–Kier alpha value is -4.42. The van der Waals surface area contributed by atoms with Crippen molar-refractivity contribution in [3.63, 3.8) is 0 Å². The van der Waals surface area contributed by atoms with E-state index in [9.17, 15) is 9.59 Å². The van der Waals surface area contributed by atoms with Crippen LogP contribution in [0, 0.1) is 19.8 Å². The highest BCUT2D eigenvalue weighted by molar-refractivity contribution is 6.24. The Morgan fingerprint density at radius 3 is 2.16 bits per heavy atom. The van der Waals surface area contributed by atoms with E-state index in [-0.39, 0.29) is 11.8 Å². The predicted octanol–water partition coefficient (Wildman–Crippen LogP) is 5.93. The number of fused-ring (bicyclic) bond motifs is 1. The third-order valence-electron chi connectivity index (χ3n) is 7.19. The summed E-state index contributed by atoms with van der Waals surface area (Å²) in [5, 5.41) is 1.71. The second kappa shape index (κ2) is 9.80. The summed E-state index contributed by atoms with van der Waals surface area (Å²) in [6.45, 7) is 4.37. The number of para-hydroxylation sites is 1. The average Bonchev–Trinajstić information content (AvgIpc) is 3.45. The standard InChI is InChI=1S/C32H28N2O4/c1-21-13-18-27(22(2)19-21)33-31(35)28-29(34(38-30(28)32(33)36)25-11-7-4-8-12-25)24-14-16-26(17-15-24)37-20-23-9-5-3-6-10-23/h3-19,28-30H,20H2,1-2H3/t28-,29-,30-/m1/s1. The number of hydroxylamine groups is 1. The van der Waals surface area contributed by atoms with Gasteiger partial charge in [0, 0.05) is 0 Å². The smallest absolute Gasteiger partial charge is 0.266 e. The van der Waals surface area contributed by atoms with Crippen molar-refractivity contribution in [2.24, 2.45) is 5.92 Å². The minimum absolute atomic E-state index is 0.250. The fourth-order valence-electron chi connectivity index (χ4n) is 5.35. The molecule has 4 aromatic carbocycles. The van der Waals surface area contributed by atoms with E-state index in [4.69, 9.17) is 9.57 Å². The van der Waals surface area contributed by atoms with Crippen LogP contribution in [-0.4, -0.2) is 17.9 Å². The van der Waals surface area contributed by atoms with Gasteiger partial charge < -0.3 is 4.74 Å². The molecule has 38 heavy (non-hydrogen) atoms. The molecular weight excluding hydrogens is 476 g/mol. The first-order chi connectivity index (χ1) is 18.5. The van der Waals surface area contributed by atoms with Gasteiger partial charge in [-0.15, -0.1) is 0 Å². The molecule has 2 aliphatic rings. The van der Waals surface area contributed by atoms with Gasteiger partial charge in [0.05, 0.1) is 17.4 Å².